The molecule has 1 aromatic heterocycles. The highest BCUT2D eigenvalue weighted by Gasteiger charge is 2.34. The van der Waals surface area contributed by atoms with Gasteiger partial charge in [-0.3, -0.25) is 4.79 Å². The molecule has 3 rings (SSSR count). The predicted molar refractivity (Wildman–Crippen MR) is 85.4 cm³/mol. The molecule has 0 atom stereocenters. The second-order valence-corrected chi connectivity index (χ2v) is 6.30. The van der Waals surface area contributed by atoms with Gasteiger partial charge in [0.2, 0.25) is 5.82 Å². The summed E-state index contributed by atoms with van der Waals surface area (Å²) >= 11 is 0. The lowest BCUT2D eigenvalue weighted by Crippen LogP contribution is -2.27. The summed E-state index contributed by atoms with van der Waals surface area (Å²) in [5, 5.41) is 0. The number of aromatic nitrogens is 2. The minimum Gasteiger partial charge on any atom is -0.406 e. The Kier molecular flexibility index (Phi) is 5.02. The Bertz CT molecular complexity index is 871. The van der Waals surface area contributed by atoms with Crippen molar-refractivity contribution in [1.82, 2.24) is 14.5 Å². The van der Waals surface area contributed by atoms with Gasteiger partial charge >= 0.3 is 12.5 Å². The van der Waals surface area contributed by atoms with E-state index < -0.39 is 24.9 Å². The molecule has 0 saturated carbocycles. The molecule has 0 aliphatic carbocycles. The summed E-state index contributed by atoms with van der Waals surface area (Å²) in [6, 6.07) is 5.07. The molecule has 28 heavy (non-hydrogen) atoms. The molecule has 11 heteroatoms. The number of carbonyl (C=O) groups is 1. The van der Waals surface area contributed by atoms with Gasteiger partial charge in [0, 0.05) is 18.5 Å². The minimum absolute atomic E-state index is 0.0308. The Labute approximate surface area is 155 Å². The van der Waals surface area contributed by atoms with Gasteiger partial charge in [0.1, 0.15) is 5.75 Å². The SMILES string of the molecule is Cc1nc2n(c1-c1ccc(OC(F)(F)F)cc1)CN(CCCC(F)(F)F)C2=O. The van der Waals surface area contributed by atoms with E-state index in [1.54, 1.807) is 11.5 Å². The van der Waals surface area contributed by atoms with E-state index in [9.17, 15) is 31.1 Å². The lowest BCUT2D eigenvalue weighted by Gasteiger charge is -2.17. The van der Waals surface area contributed by atoms with Crippen LogP contribution in [0.1, 0.15) is 29.2 Å². The fraction of sp³-hybridized carbons (Fsp3) is 0.412. The second-order valence-electron chi connectivity index (χ2n) is 6.30. The Morgan fingerprint density at radius 1 is 1.11 bits per heavy atom. The Morgan fingerprint density at radius 2 is 1.75 bits per heavy atom. The maximum Gasteiger partial charge on any atom is 0.573 e. The van der Waals surface area contributed by atoms with Gasteiger partial charge in [0.25, 0.3) is 5.91 Å². The molecule has 0 bridgehead atoms. The highest BCUT2D eigenvalue weighted by atomic mass is 19.4. The van der Waals surface area contributed by atoms with Crippen LogP contribution in [0.3, 0.4) is 0 Å². The molecule has 5 nitrogen and oxygen atoms in total. The third-order valence-electron chi connectivity index (χ3n) is 4.18. The summed E-state index contributed by atoms with van der Waals surface area (Å²) in [4.78, 5) is 17.8. The zero-order valence-corrected chi connectivity index (χ0v) is 14.6. The van der Waals surface area contributed by atoms with Crippen molar-refractivity contribution in [3.05, 3.63) is 35.8 Å². The maximum absolute atomic E-state index is 12.4. The number of benzene rings is 1. The normalized spacial score (nSPS) is 14.5. The third-order valence-corrected chi connectivity index (χ3v) is 4.18. The van der Waals surface area contributed by atoms with Crippen LogP contribution < -0.4 is 4.74 Å². The van der Waals surface area contributed by atoms with Crippen LogP contribution in [-0.4, -0.2) is 39.4 Å². The van der Waals surface area contributed by atoms with Gasteiger partial charge in [-0.15, -0.1) is 13.2 Å². The standard InChI is InChI=1S/C17H15F6N3O2/c1-10-13(11-3-5-12(6-4-11)28-17(21,22)23)26-9-25(15(27)14(26)24-10)8-2-7-16(18,19)20/h3-6H,2,7-9H2,1H3. The maximum atomic E-state index is 12.4. The van der Waals surface area contributed by atoms with Gasteiger partial charge in [0.15, 0.2) is 0 Å². The van der Waals surface area contributed by atoms with Gasteiger partial charge in [-0.2, -0.15) is 13.2 Å². The summed E-state index contributed by atoms with van der Waals surface area (Å²) in [7, 11) is 0. The minimum atomic E-state index is -4.81. The van der Waals surface area contributed by atoms with Crippen LogP contribution in [0.5, 0.6) is 5.75 Å². The first-order valence-corrected chi connectivity index (χ1v) is 8.24. The van der Waals surface area contributed by atoms with Crippen molar-refractivity contribution in [3.63, 3.8) is 0 Å². The first-order valence-electron chi connectivity index (χ1n) is 8.24. The molecule has 2 aromatic rings. The van der Waals surface area contributed by atoms with E-state index in [0.717, 1.165) is 12.1 Å². The first kappa shape index (κ1) is 20.0. The molecule has 0 N–H and O–H groups in total. The number of nitrogens with zero attached hydrogens (tertiary/aromatic N) is 3. The number of imidazole rings is 1. The van der Waals surface area contributed by atoms with E-state index in [1.165, 1.54) is 17.0 Å². The van der Waals surface area contributed by atoms with E-state index >= 15 is 0 Å². The van der Waals surface area contributed by atoms with E-state index in [-0.39, 0.29) is 31.2 Å². The Morgan fingerprint density at radius 3 is 2.32 bits per heavy atom. The molecule has 1 aliphatic rings. The zero-order valence-electron chi connectivity index (χ0n) is 14.6. The van der Waals surface area contributed by atoms with Gasteiger partial charge < -0.3 is 14.2 Å². The third kappa shape index (κ3) is 4.39. The highest BCUT2D eigenvalue weighted by Crippen LogP contribution is 2.32. The number of fused-ring (bicyclic) bond motifs is 1. The number of halogens is 6. The fourth-order valence-corrected chi connectivity index (χ4v) is 3.07. The molecular formula is C17H15F6N3O2. The van der Waals surface area contributed by atoms with Crippen molar-refractivity contribution in [2.45, 2.75) is 39.0 Å². The average Bonchev–Trinajstić information content (AvgIpc) is 3.02. The average molecular weight is 407 g/mol. The molecule has 0 saturated heterocycles. The summed E-state index contributed by atoms with van der Waals surface area (Å²) in [6.45, 7) is 1.60. The van der Waals surface area contributed by atoms with E-state index in [4.69, 9.17) is 0 Å². The largest absolute Gasteiger partial charge is 0.573 e. The molecule has 0 spiro atoms. The number of aryl methyl sites for hydroxylation is 1. The number of alkyl halides is 6. The van der Waals surface area contributed by atoms with Crippen LogP contribution in [0, 0.1) is 6.92 Å². The summed E-state index contributed by atoms with van der Waals surface area (Å²) in [5.74, 6) is -0.774. The highest BCUT2D eigenvalue weighted by molar-refractivity contribution is 5.94. The van der Waals surface area contributed by atoms with Crippen molar-refractivity contribution in [3.8, 4) is 17.0 Å². The predicted octanol–water partition coefficient (Wildman–Crippen LogP) is 4.51. The van der Waals surface area contributed by atoms with Crippen LogP contribution in [-0.2, 0) is 6.67 Å². The lowest BCUT2D eigenvalue weighted by atomic mass is 10.1. The number of hydrogen-bond donors (Lipinski definition) is 0. The zero-order chi connectivity index (χ0) is 20.7. The number of amides is 1. The van der Waals surface area contributed by atoms with Crippen molar-refractivity contribution < 1.29 is 35.9 Å². The van der Waals surface area contributed by atoms with Crippen molar-refractivity contribution in [2.75, 3.05) is 6.54 Å². The summed E-state index contributed by atoms with van der Waals surface area (Å²) in [5.41, 5.74) is 1.51. The molecule has 1 amide bonds. The number of rotatable bonds is 5. The van der Waals surface area contributed by atoms with Gasteiger partial charge in [-0.05, 0) is 37.6 Å². The molecule has 0 fully saturated rings. The summed E-state index contributed by atoms with van der Waals surface area (Å²) < 4.78 is 79.1. The number of carbonyl (C=O) groups excluding carboxylic acids is 1. The lowest BCUT2D eigenvalue weighted by molar-refractivity contribution is -0.274. The monoisotopic (exact) mass is 407 g/mol. The van der Waals surface area contributed by atoms with E-state index in [2.05, 4.69) is 9.72 Å². The number of ether oxygens (including phenoxy) is 1. The Balaban J connectivity index is 1.78. The molecule has 0 radical (unpaired) electrons. The molecular weight excluding hydrogens is 392 g/mol. The van der Waals surface area contributed by atoms with Crippen molar-refractivity contribution in [2.24, 2.45) is 0 Å². The first-order chi connectivity index (χ1) is 12.9. The van der Waals surface area contributed by atoms with Gasteiger partial charge in [-0.25, -0.2) is 4.98 Å². The van der Waals surface area contributed by atoms with Crippen LogP contribution in [0.2, 0.25) is 0 Å². The fourth-order valence-electron chi connectivity index (χ4n) is 3.07. The van der Waals surface area contributed by atoms with Gasteiger partial charge in [0.05, 0.1) is 18.1 Å². The van der Waals surface area contributed by atoms with Crippen LogP contribution in [0.15, 0.2) is 24.3 Å². The van der Waals surface area contributed by atoms with Gasteiger partial charge in [-0.1, -0.05) is 0 Å². The van der Waals surface area contributed by atoms with Crippen LogP contribution >= 0.6 is 0 Å². The second kappa shape index (κ2) is 7.02. The van der Waals surface area contributed by atoms with Crippen molar-refractivity contribution >= 4 is 5.91 Å². The Hall–Kier alpha value is -2.72. The van der Waals surface area contributed by atoms with E-state index in [0.29, 0.717) is 17.0 Å². The smallest absolute Gasteiger partial charge is 0.406 e. The quantitative estimate of drug-likeness (QED) is 0.686. The topological polar surface area (TPSA) is 47.4 Å². The van der Waals surface area contributed by atoms with Crippen LogP contribution in [0.4, 0.5) is 26.3 Å². The van der Waals surface area contributed by atoms with Crippen LogP contribution in [0.25, 0.3) is 11.3 Å². The molecule has 0 unspecified atom stereocenters. The molecule has 1 aliphatic heterocycles. The van der Waals surface area contributed by atoms with E-state index in [1.807, 2.05) is 0 Å². The molecule has 152 valence electrons. The summed E-state index contributed by atoms with van der Waals surface area (Å²) in [6.07, 6.45) is -10.3. The molecule has 2 heterocycles. The van der Waals surface area contributed by atoms with Crippen molar-refractivity contribution in [1.29, 1.82) is 0 Å². The molecule has 1 aromatic carbocycles. The number of hydrogen-bond acceptors (Lipinski definition) is 3.